The highest BCUT2D eigenvalue weighted by atomic mass is 16.5. The summed E-state index contributed by atoms with van der Waals surface area (Å²) >= 11 is 0. The van der Waals surface area contributed by atoms with Crippen molar-refractivity contribution in [1.29, 1.82) is 0 Å². The molecule has 1 rings (SSSR count). The predicted molar refractivity (Wildman–Crippen MR) is 81.2 cm³/mol. The van der Waals surface area contributed by atoms with Crippen molar-refractivity contribution in [1.82, 2.24) is 0 Å². The first-order chi connectivity index (χ1) is 9.12. The van der Waals surface area contributed by atoms with E-state index in [1.54, 1.807) is 20.3 Å². The van der Waals surface area contributed by atoms with Gasteiger partial charge in [0.1, 0.15) is 0 Å². The van der Waals surface area contributed by atoms with Crippen LogP contribution in [0.5, 0.6) is 11.5 Å². The largest absolute Gasteiger partial charge is 0.493 e. The maximum absolute atomic E-state index is 6.03. The lowest BCUT2D eigenvalue weighted by Crippen LogP contribution is -2.16. The molecule has 0 aliphatic rings. The summed E-state index contributed by atoms with van der Waals surface area (Å²) in [6, 6.07) is 4.08. The fourth-order valence-corrected chi connectivity index (χ4v) is 2.06. The van der Waals surface area contributed by atoms with Crippen molar-refractivity contribution in [2.45, 2.75) is 45.6 Å². The van der Waals surface area contributed by atoms with Crippen LogP contribution >= 0.6 is 0 Å². The van der Waals surface area contributed by atoms with E-state index in [9.17, 15) is 0 Å². The van der Waals surface area contributed by atoms with Crippen LogP contribution in [0.15, 0.2) is 12.1 Å². The number of benzene rings is 1. The molecular weight excluding hydrogens is 240 g/mol. The minimum Gasteiger partial charge on any atom is -0.493 e. The van der Waals surface area contributed by atoms with Gasteiger partial charge in [0.2, 0.25) is 0 Å². The maximum Gasteiger partial charge on any atom is 0.162 e. The van der Waals surface area contributed by atoms with E-state index in [-0.39, 0.29) is 0 Å². The lowest BCUT2D eigenvalue weighted by atomic mass is 10.1. The molecule has 1 unspecified atom stereocenters. The number of anilines is 2. The summed E-state index contributed by atoms with van der Waals surface area (Å²) in [5.41, 5.74) is 7.61. The number of rotatable bonds is 8. The van der Waals surface area contributed by atoms with Crippen molar-refractivity contribution in [3.63, 3.8) is 0 Å². The van der Waals surface area contributed by atoms with E-state index in [0.29, 0.717) is 23.2 Å². The van der Waals surface area contributed by atoms with Crippen LogP contribution in [0, 0.1) is 0 Å². The van der Waals surface area contributed by atoms with Crippen molar-refractivity contribution in [2.75, 3.05) is 25.3 Å². The molecule has 0 aliphatic carbocycles. The highest BCUT2D eigenvalue weighted by molar-refractivity contribution is 5.72. The van der Waals surface area contributed by atoms with E-state index in [1.165, 1.54) is 19.3 Å². The van der Waals surface area contributed by atoms with Crippen molar-refractivity contribution in [3.05, 3.63) is 12.1 Å². The molecule has 0 aromatic heterocycles. The third kappa shape index (κ3) is 4.54. The van der Waals surface area contributed by atoms with Gasteiger partial charge in [0.25, 0.3) is 0 Å². The number of ether oxygens (including phenoxy) is 2. The van der Waals surface area contributed by atoms with Crippen LogP contribution in [-0.4, -0.2) is 20.3 Å². The summed E-state index contributed by atoms with van der Waals surface area (Å²) < 4.78 is 10.5. The Balaban J connectivity index is 2.72. The Hall–Kier alpha value is -1.58. The molecule has 0 radical (unpaired) electrons. The van der Waals surface area contributed by atoms with Crippen LogP contribution in [-0.2, 0) is 0 Å². The smallest absolute Gasteiger partial charge is 0.162 e. The summed E-state index contributed by atoms with van der Waals surface area (Å²) in [6.07, 6.45) is 4.89. The molecule has 19 heavy (non-hydrogen) atoms. The Kier molecular flexibility index (Phi) is 6.33. The summed E-state index contributed by atoms with van der Waals surface area (Å²) in [6.45, 7) is 4.39. The number of methoxy groups -OCH3 is 2. The average molecular weight is 266 g/mol. The zero-order valence-electron chi connectivity index (χ0n) is 12.5. The molecule has 0 amide bonds. The second-order valence-electron chi connectivity index (χ2n) is 4.84. The predicted octanol–water partition coefficient (Wildman–Crippen LogP) is 3.67. The quantitative estimate of drug-likeness (QED) is 0.557. The second kappa shape index (κ2) is 7.77. The Bertz CT molecular complexity index is 394. The van der Waals surface area contributed by atoms with Crippen LogP contribution in [0.25, 0.3) is 0 Å². The van der Waals surface area contributed by atoms with E-state index >= 15 is 0 Å². The molecule has 1 aromatic rings. The number of nitrogens with one attached hydrogen (secondary N) is 1. The van der Waals surface area contributed by atoms with Crippen molar-refractivity contribution in [2.24, 2.45) is 0 Å². The molecule has 4 nitrogen and oxygen atoms in total. The number of unbranched alkanes of at least 4 members (excludes halogenated alkanes) is 2. The molecule has 108 valence electrons. The standard InChI is InChI=1S/C15H26N2O2/c1-5-6-7-8-11(2)17-13-10-15(19-4)14(18-3)9-12(13)16/h9-11,17H,5-8,16H2,1-4H3. The number of hydrogen-bond donors (Lipinski definition) is 2. The highest BCUT2D eigenvalue weighted by Gasteiger charge is 2.11. The van der Waals surface area contributed by atoms with Gasteiger partial charge >= 0.3 is 0 Å². The molecule has 0 heterocycles. The van der Waals surface area contributed by atoms with E-state index in [0.717, 1.165) is 12.1 Å². The van der Waals surface area contributed by atoms with Crippen molar-refractivity contribution in [3.8, 4) is 11.5 Å². The number of nitrogen functional groups attached to an aromatic ring is 1. The fraction of sp³-hybridized carbons (Fsp3) is 0.600. The molecule has 1 atom stereocenters. The molecule has 0 spiro atoms. The van der Waals surface area contributed by atoms with E-state index in [1.807, 2.05) is 6.07 Å². The van der Waals surface area contributed by atoms with Crippen LogP contribution in [0.2, 0.25) is 0 Å². The molecule has 0 fully saturated rings. The maximum atomic E-state index is 6.03. The van der Waals surface area contributed by atoms with Crippen molar-refractivity contribution < 1.29 is 9.47 Å². The van der Waals surface area contributed by atoms with Crippen LogP contribution in [0.4, 0.5) is 11.4 Å². The Labute approximate surface area is 116 Å². The Morgan fingerprint density at radius 1 is 1.16 bits per heavy atom. The number of nitrogens with two attached hydrogens (primary N) is 1. The lowest BCUT2D eigenvalue weighted by molar-refractivity contribution is 0.355. The van der Waals surface area contributed by atoms with Crippen LogP contribution in [0.3, 0.4) is 0 Å². The van der Waals surface area contributed by atoms with Gasteiger partial charge in [-0.2, -0.15) is 0 Å². The zero-order valence-corrected chi connectivity index (χ0v) is 12.5. The summed E-state index contributed by atoms with van der Waals surface area (Å²) in [5.74, 6) is 1.35. The molecule has 1 aromatic carbocycles. The summed E-state index contributed by atoms with van der Waals surface area (Å²) in [5, 5.41) is 3.43. The summed E-state index contributed by atoms with van der Waals surface area (Å²) in [7, 11) is 3.24. The second-order valence-corrected chi connectivity index (χ2v) is 4.84. The van der Waals surface area contributed by atoms with Gasteiger partial charge in [-0.3, -0.25) is 0 Å². The Morgan fingerprint density at radius 2 is 1.79 bits per heavy atom. The highest BCUT2D eigenvalue weighted by Crippen LogP contribution is 2.35. The van der Waals surface area contributed by atoms with Gasteiger partial charge < -0.3 is 20.5 Å². The average Bonchev–Trinajstić information content (AvgIpc) is 2.40. The van der Waals surface area contributed by atoms with Gasteiger partial charge in [0, 0.05) is 18.2 Å². The normalized spacial score (nSPS) is 12.0. The van der Waals surface area contributed by atoms with E-state index in [2.05, 4.69) is 19.2 Å². The molecule has 0 aliphatic heterocycles. The van der Waals surface area contributed by atoms with Gasteiger partial charge in [0.15, 0.2) is 11.5 Å². The molecule has 3 N–H and O–H groups in total. The van der Waals surface area contributed by atoms with Crippen LogP contribution in [0.1, 0.15) is 39.5 Å². The van der Waals surface area contributed by atoms with Gasteiger partial charge in [0.05, 0.1) is 25.6 Å². The van der Waals surface area contributed by atoms with Gasteiger partial charge in [-0.05, 0) is 13.3 Å². The summed E-state index contributed by atoms with van der Waals surface area (Å²) in [4.78, 5) is 0. The van der Waals surface area contributed by atoms with E-state index < -0.39 is 0 Å². The third-order valence-electron chi connectivity index (χ3n) is 3.20. The van der Waals surface area contributed by atoms with Crippen molar-refractivity contribution >= 4 is 11.4 Å². The molecule has 4 heteroatoms. The number of hydrogen-bond acceptors (Lipinski definition) is 4. The van der Waals surface area contributed by atoms with Gasteiger partial charge in [-0.25, -0.2) is 0 Å². The van der Waals surface area contributed by atoms with Gasteiger partial charge in [-0.15, -0.1) is 0 Å². The first-order valence-electron chi connectivity index (χ1n) is 6.90. The topological polar surface area (TPSA) is 56.5 Å². The zero-order chi connectivity index (χ0) is 14.3. The third-order valence-corrected chi connectivity index (χ3v) is 3.20. The molecule has 0 bridgehead atoms. The first kappa shape index (κ1) is 15.5. The molecule has 0 saturated heterocycles. The minimum absolute atomic E-state index is 0.395. The van der Waals surface area contributed by atoms with E-state index in [4.69, 9.17) is 15.2 Å². The Morgan fingerprint density at radius 3 is 2.37 bits per heavy atom. The molecule has 0 saturated carbocycles. The lowest BCUT2D eigenvalue weighted by Gasteiger charge is -2.18. The molecular formula is C15H26N2O2. The SMILES string of the molecule is CCCCCC(C)Nc1cc(OC)c(OC)cc1N. The minimum atomic E-state index is 0.395. The van der Waals surface area contributed by atoms with Crippen LogP contribution < -0.4 is 20.5 Å². The fourth-order valence-electron chi connectivity index (χ4n) is 2.06. The first-order valence-corrected chi connectivity index (χ1v) is 6.90. The van der Waals surface area contributed by atoms with Gasteiger partial charge in [-0.1, -0.05) is 26.2 Å². The monoisotopic (exact) mass is 266 g/mol.